The van der Waals surface area contributed by atoms with Crippen molar-refractivity contribution >= 4 is 35.5 Å². The number of aliphatic hydroxyl groups is 2. The number of carboxylic acids is 1. The lowest BCUT2D eigenvalue weighted by molar-refractivity contribution is -0.144. The third-order valence-corrected chi connectivity index (χ3v) is 3.91. The highest BCUT2D eigenvalue weighted by Gasteiger charge is 2.26. The molecule has 4 atom stereocenters. The van der Waals surface area contributed by atoms with Gasteiger partial charge in [0, 0.05) is 0 Å². The maximum atomic E-state index is 12.2. The highest BCUT2D eigenvalue weighted by molar-refractivity contribution is 7.98. The Morgan fingerprint density at radius 2 is 1.77 bits per heavy atom. The van der Waals surface area contributed by atoms with Gasteiger partial charge in [-0.15, -0.1) is 0 Å². The van der Waals surface area contributed by atoms with Crippen LogP contribution in [0.1, 0.15) is 13.3 Å². The molecular weight excluding hydrogens is 368 g/mol. The van der Waals surface area contributed by atoms with Crippen molar-refractivity contribution in [2.75, 3.05) is 25.2 Å². The van der Waals surface area contributed by atoms with Gasteiger partial charge in [0.25, 0.3) is 0 Å². The first-order valence-electron chi connectivity index (χ1n) is 7.77. The molecule has 0 saturated heterocycles. The van der Waals surface area contributed by atoms with E-state index in [-0.39, 0.29) is 6.42 Å². The van der Waals surface area contributed by atoms with Crippen molar-refractivity contribution in [3.05, 3.63) is 0 Å². The first-order chi connectivity index (χ1) is 12.1. The average Bonchev–Trinajstić information content (AvgIpc) is 2.59. The number of carboxylic acid groups (broad SMARTS) is 1. The number of aliphatic hydroxyl groups excluding tert-OH is 2. The summed E-state index contributed by atoms with van der Waals surface area (Å²) in [5.74, 6) is -3.05. The summed E-state index contributed by atoms with van der Waals surface area (Å²) in [5.41, 5.74) is 5.38. The summed E-state index contributed by atoms with van der Waals surface area (Å²) in [4.78, 5) is 46.5. The van der Waals surface area contributed by atoms with Crippen molar-refractivity contribution in [2.45, 2.75) is 37.6 Å². The molecule has 0 aliphatic rings. The van der Waals surface area contributed by atoms with Gasteiger partial charge in [-0.05, 0) is 25.4 Å². The summed E-state index contributed by atoms with van der Waals surface area (Å²) in [5, 5.41) is 33.8. The van der Waals surface area contributed by atoms with Crippen LogP contribution in [0.5, 0.6) is 0 Å². The zero-order chi connectivity index (χ0) is 20.3. The van der Waals surface area contributed by atoms with E-state index >= 15 is 0 Å². The van der Waals surface area contributed by atoms with Gasteiger partial charge in [-0.25, -0.2) is 4.79 Å². The summed E-state index contributed by atoms with van der Waals surface area (Å²) in [7, 11) is 0. The van der Waals surface area contributed by atoms with Gasteiger partial charge in [-0.1, -0.05) is 0 Å². The Bertz CT molecular complexity index is 504. The van der Waals surface area contributed by atoms with Gasteiger partial charge in [0.15, 0.2) is 6.04 Å². The topological polar surface area (TPSA) is 191 Å². The molecule has 0 aromatic carbocycles. The molecule has 0 aromatic heterocycles. The van der Waals surface area contributed by atoms with E-state index in [1.807, 2.05) is 6.26 Å². The minimum atomic E-state index is -1.51. The third-order valence-electron chi connectivity index (χ3n) is 3.27. The van der Waals surface area contributed by atoms with E-state index in [4.69, 9.17) is 15.9 Å². The van der Waals surface area contributed by atoms with Crippen LogP contribution in [0.4, 0.5) is 0 Å². The van der Waals surface area contributed by atoms with Crippen molar-refractivity contribution in [1.29, 1.82) is 0 Å². The lowest BCUT2D eigenvalue weighted by atomic mass is 10.1. The number of nitrogens with two attached hydrogens (primary N) is 1. The van der Waals surface area contributed by atoms with Crippen molar-refractivity contribution in [2.24, 2.45) is 5.73 Å². The molecule has 0 aliphatic heterocycles. The first-order valence-corrected chi connectivity index (χ1v) is 9.17. The van der Waals surface area contributed by atoms with Crippen LogP contribution in [0.25, 0.3) is 0 Å². The van der Waals surface area contributed by atoms with Crippen LogP contribution in [0.2, 0.25) is 0 Å². The van der Waals surface area contributed by atoms with Crippen LogP contribution in [0, 0.1) is 0 Å². The van der Waals surface area contributed by atoms with E-state index in [1.54, 1.807) is 0 Å². The second-order valence-electron chi connectivity index (χ2n) is 5.47. The first kappa shape index (κ1) is 24.1. The van der Waals surface area contributed by atoms with E-state index in [9.17, 15) is 24.3 Å². The lowest BCUT2D eigenvalue weighted by Crippen LogP contribution is -2.55. The van der Waals surface area contributed by atoms with Crippen molar-refractivity contribution in [3.63, 3.8) is 0 Å². The van der Waals surface area contributed by atoms with Crippen LogP contribution in [0.15, 0.2) is 0 Å². The Morgan fingerprint density at radius 3 is 2.23 bits per heavy atom. The normalized spacial score (nSPS) is 15.3. The largest absolute Gasteiger partial charge is 0.480 e. The minimum Gasteiger partial charge on any atom is -0.480 e. The van der Waals surface area contributed by atoms with Gasteiger partial charge in [-0.2, -0.15) is 11.8 Å². The van der Waals surface area contributed by atoms with E-state index in [1.165, 1.54) is 18.7 Å². The van der Waals surface area contributed by atoms with Crippen LogP contribution in [-0.2, 0) is 19.2 Å². The minimum absolute atomic E-state index is 0.268. The predicted molar refractivity (Wildman–Crippen MR) is 94.2 cm³/mol. The molecule has 11 nitrogen and oxygen atoms in total. The monoisotopic (exact) mass is 394 g/mol. The SMILES string of the molecule is CSCCC(NC(=O)C(N)CO)C(=O)NCC(=O)NC(C(=O)O)C(C)O. The number of carbonyl (C=O) groups excluding carboxylic acids is 3. The van der Waals surface area contributed by atoms with Gasteiger partial charge in [0.05, 0.1) is 19.3 Å². The maximum absolute atomic E-state index is 12.2. The molecular formula is C14H26N4O7S. The van der Waals surface area contributed by atoms with Crippen molar-refractivity contribution in [1.82, 2.24) is 16.0 Å². The zero-order valence-corrected chi connectivity index (χ0v) is 15.4. The van der Waals surface area contributed by atoms with Gasteiger partial charge < -0.3 is 37.0 Å². The Hall–Kier alpha value is -1.89. The molecule has 0 spiro atoms. The zero-order valence-electron chi connectivity index (χ0n) is 14.6. The fraction of sp³-hybridized carbons (Fsp3) is 0.714. The number of hydrogen-bond donors (Lipinski definition) is 7. The molecule has 3 amide bonds. The number of amides is 3. The highest BCUT2D eigenvalue weighted by atomic mass is 32.2. The van der Waals surface area contributed by atoms with E-state index in [2.05, 4.69) is 16.0 Å². The Morgan fingerprint density at radius 1 is 1.15 bits per heavy atom. The second-order valence-corrected chi connectivity index (χ2v) is 6.46. The molecule has 0 fully saturated rings. The number of hydrogen-bond acceptors (Lipinski definition) is 8. The van der Waals surface area contributed by atoms with Crippen LogP contribution in [0.3, 0.4) is 0 Å². The predicted octanol–water partition coefficient (Wildman–Crippen LogP) is -3.39. The number of nitrogens with one attached hydrogen (secondary N) is 3. The molecule has 12 heteroatoms. The molecule has 0 aromatic rings. The Balaban J connectivity index is 4.70. The summed E-state index contributed by atoms with van der Waals surface area (Å²) in [6.07, 6.45) is 0.760. The lowest BCUT2D eigenvalue weighted by Gasteiger charge is -2.20. The number of rotatable bonds is 12. The molecule has 0 aliphatic carbocycles. The summed E-state index contributed by atoms with van der Waals surface area (Å²) in [6, 6.07) is -3.65. The molecule has 26 heavy (non-hydrogen) atoms. The summed E-state index contributed by atoms with van der Waals surface area (Å²) < 4.78 is 0. The van der Waals surface area contributed by atoms with Gasteiger partial charge >= 0.3 is 5.97 Å². The fourth-order valence-corrected chi connectivity index (χ4v) is 2.24. The second kappa shape index (κ2) is 12.5. The average molecular weight is 394 g/mol. The standard InChI is InChI=1S/C14H26N4O7S/c1-7(20)11(14(24)25)18-10(21)5-16-13(23)9(3-4-26-2)17-12(22)8(15)6-19/h7-9,11,19-20H,3-6,15H2,1-2H3,(H,16,23)(H,17,22)(H,18,21)(H,24,25). The molecule has 8 N–H and O–H groups in total. The molecule has 0 radical (unpaired) electrons. The molecule has 150 valence electrons. The van der Waals surface area contributed by atoms with Crippen LogP contribution < -0.4 is 21.7 Å². The number of carbonyl (C=O) groups is 4. The molecule has 0 rings (SSSR count). The quantitative estimate of drug-likeness (QED) is 0.177. The summed E-state index contributed by atoms with van der Waals surface area (Å²) >= 11 is 1.44. The number of aliphatic carboxylic acids is 1. The molecule has 0 saturated carbocycles. The van der Waals surface area contributed by atoms with Gasteiger partial charge in [-0.3, -0.25) is 14.4 Å². The third kappa shape index (κ3) is 8.99. The summed E-state index contributed by atoms with van der Waals surface area (Å²) in [6.45, 7) is 0.0874. The van der Waals surface area contributed by atoms with Crippen molar-refractivity contribution < 1.29 is 34.5 Å². The van der Waals surface area contributed by atoms with E-state index in [0.29, 0.717) is 5.75 Å². The van der Waals surface area contributed by atoms with Gasteiger partial charge in [0.2, 0.25) is 17.7 Å². The van der Waals surface area contributed by atoms with Crippen molar-refractivity contribution in [3.8, 4) is 0 Å². The van der Waals surface area contributed by atoms with E-state index < -0.39 is 61.1 Å². The highest BCUT2D eigenvalue weighted by Crippen LogP contribution is 2.01. The van der Waals surface area contributed by atoms with E-state index in [0.717, 1.165) is 0 Å². The fourth-order valence-electron chi connectivity index (χ4n) is 1.77. The number of thioether (sulfide) groups is 1. The Kier molecular flexibility index (Phi) is 11.6. The van der Waals surface area contributed by atoms with Crippen LogP contribution >= 0.6 is 11.8 Å². The van der Waals surface area contributed by atoms with Gasteiger partial charge in [0.1, 0.15) is 12.1 Å². The van der Waals surface area contributed by atoms with Crippen LogP contribution in [-0.4, -0.2) is 88.4 Å². The maximum Gasteiger partial charge on any atom is 0.328 e. The molecule has 0 heterocycles. The molecule has 0 bridgehead atoms. The molecule has 4 unspecified atom stereocenters. The smallest absolute Gasteiger partial charge is 0.328 e. The Labute approximate surface area is 155 Å².